The van der Waals surface area contributed by atoms with Crippen molar-refractivity contribution in [3.05, 3.63) is 53.2 Å². The molecule has 0 atom stereocenters. The van der Waals surface area contributed by atoms with E-state index in [9.17, 15) is 9.59 Å². The fourth-order valence-electron chi connectivity index (χ4n) is 3.42. The monoisotopic (exact) mass is 394 g/mol. The lowest BCUT2D eigenvalue weighted by atomic mass is 10.1. The van der Waals surface area contributed by atoms with Gasteiger partial charge in [-0.1, -0.05) is 18.2 Å². The lowest BCUT2D eigenvalue weighted by Crippen LogP contribution is -2.41. The van der Waals surface area contributed by atoms with Crippen LogP contribution in [0.1, 0.15) is 26.4 Å². The molecule has 1 saturated heterocycles. The van der Waals surface area contributed by atoms with Gasteiger partial charge in [-0.2, -0.15) is 5.10 Å². The minimum absolute atomic E-state index is 0.0585. The molecule has 2 heterocycles. The highest BCUT2D eigenvalue weighted by atomic mass is 16.5. The topological polar surface area (TPSA) is 96.6 Å². The lowest BCUT2D eigenvalue weighted by Gasteiger charge is -2.27. The maximum atomic E-state index is 12.9. The first-order valence-electron chi connectivity index (χ1n) is 9.38. The van der Waals surface area contributed by atoms with Gasteiger partial charge < -0.3 is 19.7 Å². The number of methoxy groups -OCH3 is 1. The molecule has 4 rings (SSSR count). The number of hydrogen-bond donors (Lipinski definition) is 2. The summed E-state index contributed by atoms with van der Waals surface area (Å²) in [7, 11) is 1.56. The first-order valence-corrected chi connectivity index (χ1v) is 9.38. The standard InChI is InChI=1S/C21H22N4O4/c1-13-6-7-14(12-16(13)21(27)25-8-10-29-11-9-25)22-20(26)19-15-4-3-5-17(28-2)18(15)23-24-19/h3-7,12H,8-11H2,1-2H3,(H,22,26)(H,23,24). The van der Waals surface area contributed by atoms with Gasteiger partial charge in [0.2, 0.25) is 0 Å². The van der Waals surface area contributed by atoms with E-state index in [0.717, 1.165) is 5.56 Å². The van der Waals surface area contributed by atoms with Gasteiger partial charge in [0, 0.05) is 29.7 Å². The molecule has 0 bridgehead atoms. The second kappa shape index (κ2) is 7.92. The molecule has 150 valence electrons. The van der Waals surface area contributed by atoms with Crippen molar-refractivity contribution >= 4 is 28.4 Å². The number of rotatable bonds is 4. The first kappa shape index (κ1) is 18.9. The Labute approximate surface area is 167 Å². The van der Waals surface area contributed by atoms with Crippen LogP contribution >= 0.6 is 0 Å². The molecule has 8 nitrogen and oxygen atoms in total. The number of aryl methyl sites for hydroxylation is 1. The van der Waals surface area contributed by atoms with Crippen LogP contribution in [0.5, 0.6) is 5.75 Å². The van der Waals surface area contributed by atoms with E-state index in [2.05, 4.69) is 15.5 Å². The van der Waals surface area contributed by atoms with Gasteiger partial charge in [-0.05, 0) is 30.7 Å². The summed E-state index contributed by atoms with van der Waals surface area (Å²) in [5, 5.41) is 10.5. The minimum Gasteiger partial charge on any atom is -0.494 e. The van der Waals surface area contributed by atoms with Crippen LogP contribution in [0.2, 0.25) is 0 Å². The van der Waals surface area contributed by atoms with Gasteiger partial charge in [-0.3, -0.25) is 14.7 Å². The zero-order chi connectivity index (χ0) is 20.4. The maximum absolute atomic E-state index is 12.9. The number of benzene rings is 2. The van der Waals surface area contributed by atoms with Gasteiger partial charge in [0.1, 0.15) is 11.3 Å². The quantitative estimate of drug-likeness (QED) is 0.709. The SMILES string of the molecule is COc1cccc2c(C(=O)Nc3ccc(C)c(C(=O)N4CCOCC4)c3)n[nH]c12. The van der Waals surface area contributed by atoms with E-state index in [4.69, 9.17) is 9.47 Å². The predicted octanol–water partition coefficient (Wildman–Crippen LogP) is 2.60. The third-order valence-corrected chi connectivity index (χ3v) is 5.02. The summed E-state index contributed by atoms with van der Waals surface area (Å²) < 4.78 is 10.6. The highest BCUT2D eigenvalue weighted by molar-refractivity contribution is 6.12. The molecule has 3 aromatic rings. The third kappa shape index (κ3) is 3.66. The summed E-state index contributed by atoms with van der Waals surface area (Å²) in [6.07, 6.45) is 0. The molecule has 29 heavy (non-hydrogen) atoms. The summed E-state index contributed by atoms with van der Waals surface area (Å²) in [5.74, 6) is 0.192. The van der Waals surface area contributed by atoms with E-state index in [1.54, 1.807) is 42.3 Å². The Morgan fingerprint density at radius 3 is 2.76 bits per heavy atom. The number of hydrogen-bond acceptors (Lipinski definition) is 5. The van der Waals surface area contributed by atoms with Crippen molar-refractivity contribution in [2.24, 2.45) is 0 Å². The number of nitrogens with zero attached hydrogens (tertiary/aromatic N) is 2. The molecule has 0 unspecified atom stereocenters. The number of amides is 2. The summed E-state index contributed by atoms with van der Waals surface area (Å²) >= 11 is 0. The van der Waals surface area contributed by atoms with E-state index in [1.165, 1.54) is 0 Å². The van der Waals surface area contributed by atoms with Crippen LogP contribution < -0.4 is 10.1 Å². The highest BCUT2D eigenvalue weighted by Crippen LogP contribution is 2.26. The molecule has 1 aliphatic heterocycles. The molecule has 1 aliphatic rings. The number of fused-ring (bicyclic) bond motifs is 1. The van der Waals surface area contributed by atoms with Crippen molar-refractivity contribution in [1.82, 2.24) is 15.1 Å². The summed E-state index contributed by atoms with van der Waals surface area (Å²) in [4.78, 5) is 27.4. The summed E-state index contributed by atoms with van der Waals surface area (Å²) in [6.45, 7) is 4.09. The number of H-pyrrole nitrogens is 1. The largest absolute Gasteiger partial charge is 0.494 e. The summed E-state index contributed by atoms with van der Waals surface area (Å²) in [5.41, 5.74) is 2.89. The van der Waals surface area contributed by atoms with Crippen LogP contribution in [0.3, 0.4) is 0 Å². The van der Waals surface area contributed by atoms with Gasteiger partial charge >= 0.3 is 0 Å². The second-order valence-corrected chi connectivity index (χ2v) is 6.84. The number of anilines is 1. The van der Waals surface area contributed by atoms with Crippen LogP contribution in [-0.2, 0) is 4.74 Å². The predicted molar refractivity (Wildman–Crippen MR) is 109 cm³/mol. The number of aromatic nitrogens is 2. The molecule has 1 aromatic heterocycles. The molecule has 2 N–H and O–H groups in total. The van der Waals surface area contributed by atoms with Crippen molar-refractivity contribution < 1.29 is 19.1 Å². The highest BCUT2D eigenvalue weighted by Gasteiger charge is 2.21. The normalized spacial score (nSPS) is 14.1. The Bertz CT molecular complexity index is 1070. The molecule has 1 fully saturated rings. The molecule has 0 radical (unpaired) electrons. The van der Waals surface area contributed by atoms with Crippen molar-refractivity contribution in [3.8, 4) is 5.75 Å². The van der Waals surface area contributed by atoms with E-state index >= 15 is 0 Å². The molecule has 8 heteroatoms. The molecule has 2 aromatic carbocycles. The smallest absolute Gasteiger partial charge is 0.276 e. The van der Waals surface area contributed by atoms with E-state index in [1.807, 2.05) is 13.0 Å². The number of aromatic amines is 1. The fourth-order valence-corrected chi connectivity index (χ4v) is 3.42. The van der Waals surface area contributed by atoms with E-state index in [-0.39, 0.29) is 17.5 Å². The van der Waals surface area contributed by atoms with E-state index in [0.29, 0.717) is 54.2 Å². The molecular weight excluding hydrogens is 372 g/mol. The number of para-hydroxylation sites is 1. The Balaban J connectivity index is 1.58. The van der Waals surface area contributed by atoms with Crippen LogP contribution in [0.25, 0.3) is 10.9 Å². The van der Waals surface area contributed by atoms with Crippen LogP contribution in [0, 0.1) is 6.92 Å². The Hall–Kier alpha value is -3.39. The molecule has 0 aliphatic carbocycles. The zero-order valence-electron chi connectivity index (χ0n) is 16.3. The second-order valence-electron chi connectivity index (χ2n) is 6.84. The van der Waals surface area contributed by atoms with Gasteiger partial charge in [0.15, 0.2) is 5.69 Å². The molecule has 0 spiro atoms. The Morgan fingerprint density at radius 2 is 2.00 bits per heavy atom. The van der Waals surface area contributed by atoms with Gasteiger partial charge in [-0.15, -0.1) is 0 Å². The number of nitrogens with one attached hydrogen (secondary N) is 2. The number of ether oxygens (including phenoxy) is 2. The van der Waals surface area contributed by atoms with Crippen LogP contribution in [0.15, 0.2) is 36.4 Å². The van der Waals surface area contributed by atoms with Crippen molar-refractivity contribution in [2.45, 2.75) is 6.92 Å². The third-order valence-electron chi connectivity index (χ3n) is 5.02. The van der Waals surface area contributed by atoms with Gasteiger partial charge in [0.05, 0.1) is 20.3 Å². The lowest BCUT2D eigenvalue weighted by molar-refractivity contribution is 0.0302. The number of morpholine rings is 1. The molecular formula is C21H22N4O4. The molecule has 0 saturated carbocycles. The first-order chi connectivity index (χ1) is 14.1. The average molecular weight is 394 g/mol. The Morgan fingerprint density at radius 1 is 1.21 bits per heavy atom. The van der Waals surface area contributed by atoms with E-state index < -0.39 is 0 Å². The summed E-state index contributed by atoms with van der Waals surface area (Å²) in [6, 6.07) is 10.7. The maximum Gasteiger partial charge on any atom is 0.276 e. The average Bonchev–Trinajstić information content (AvgIpc) is 3.19. The van der Waals surface area contributed by atoms with Crippen molar-refractivity contribution in [3.63, 3.8) is 0 Å². The number of carbonyl (C=O) groups excluding carboxylic acids is 2. The zero-order valence-corrected chi connectivity index (χ0v) is 16.3. The minimum atomic E-state index is -0.363. The van der Waals surface area contributed by atoms with Crippen LogP contribution in [0.4, 0.5) is 5.69 Å². The Kier molecular flexibility index (Phi) is 5.18. The number of carbonyl (C=O) groups is 2. The molecule has 2 amide bonds. The van der Waals surface area contributed by atoms with Crippen LogP contribution in [-0.4, -0.2) is 60.3 Å². The van der Waals surface area contributed by atoms with Gasteiger partial charge in [0.25, 0.3) is 11.8 Å². The fraction of sp³-hybridized carbons (Fsp3) is 0.286. The van der Waals surface area contributed by atoms with Crippen molar-refractivity contribution in [2.75, 3.05) is 38.7 Å². The van der Waals surface area contributed by atoms with Gasteiger partial charge in [-0.25, -0.2) is 0 Å². The van der Waals surface area contributed by atoms with Crippen molar-refractivity contribution in [1.29, 1.82) is 0 Å².